The Morgan fingerprint density at radius 2 is 1.90 bits per heavy atom. The number of hydrazine groups is 1. The summed E-state index contributed by atoms with van der Waals surface area (Å²) in [5.74, 6) is -1.01. The smallest absolute Gasteiger partial charge is 0.251 e. The number of ether oxygens (including phenoxy) is 2. The Morgan fingerprint density at radius 3 is 2.67 bits per heavy atom. The first-order chi connectivity index (χ1) is 10.1. The van der Waals surface area contributed by atoms with Gasteiger partial charge >= 0.3 is 0 Å². The molecule has 8 heteroatoms. The molecule has 0 aliphatic carbocycles. The van der Waals surface area contributed by atoms with Gasteiger partial charge in [0.05, 0.1) is 0 Å². The van der Waals surface area contributed by atoms with E-state index < -0.39 is 17.7 Å². The molecule has 0 atom stereocenters. The lowest BCUT2D eigenvalue weighted by molar-refractivity contribution is -0.133. The fourth-order valence-electron chi connectivity index (χ4n) is 2.11. The summed E-state index contributed by atoms with van der Waals surface area (Å²) in [5, 5.41) is 2.66. The lowest BCUT2D eigenvalue weighted by Crippen LogP contribution is -2.30. The van der Waals surface area contributed by atoms with Crippen molar-refractivity contribution < 1.29 is 23.9 Å². The van der Waals surface area contributed by atoms with Gasteiger partial charge in [-0.15, -0.1) is 0 Å². The van der Waals surface area contributed by atoms with E-state index in [1.165, 1.54) is 0 Å². The van der Waals surface area contributed by atoms with E-state index in [1.54, 1.807) is 12.1 Å². The summed E-state index contributed by atoms with van der Waals surface area (Å²) in [7, 11) is 0. The van der Waals surface area contributed by atoms with Gasteiger partial charge < -0.3 is 14.8 Å². The number of carbonyl (C=O) groups is 3. The van der Waals surface area contributed by atoms with Crippen molar-refractivity contribution in [2.24, 2.45) is 5.92 Å². The van der Waals surface area contributed by atoms with Crippen molar-refractivity contribution in [3.63, 3.8) is 0 Å². The van der Waals surface area contributed by atoms with Crippen LogP contribution in [0.4, 0.5) is 0 Å². The molecular weight excluding hydrogens is 278 g/mol. The van der Waals surface area contributed by atoms with Crippen molar-refractivity contribution in [1.82, 2.24) is 16.2 Å². The first-order valence-corrected chi connectivity index (χ1v) is 6.38. The normalized spacial score (nSPS) is 16.6. The van der Waals surface area contributed by atoms with E-state index in [1.807, 2.05) is 6.07 Å². The zero-order chi connectivity index (χ0) is 14.8. The molecule has 1 aromatic carbocycles. The molecule has 1 saturated heterocycles. The minimum absolute atomic E-state index is 0.178. The minimum Gasteiger partial charge on any atom is -0.454 e. The van der Waals surface area contributed by atoms with Gasteiger partial charge in [-0.3, -0.25) is 25.2 Å². The third kappa shape index (κ3) is 2.73. The van der Waals surface area contributed by atoms with E-state index in [0.29, 0.717) is 11.5 Å². The Bertz CT molecular complexity index is 600. The number of carbonyl (C=O) groups excluding carboxylic acids is 3. The van der Waals surface area contributed by atoms with Gasteiger partial charge in [-0.2, -0.15) is 0 Å². The number of hydrogen-bond donors (Lipinski definition) is 3. The van der Waals surface area contributed by atoms with Crippen molar-refractivity contribution >= 4 is 17.7 Å². The summed E-state index contributed by atoms with van der Waals surface area (Å²) in [6, 6.07) is 5.35. The third-order valence-electron chi connectivity index (χ3n) is 3.26. The molecule has 2 aliphatic heterocycles. The van der Waals surface area contributed by atoms with Crippen molar-refractivity contribution in [3.8, 4) is 11.5 Å². The third-order valence-corrected chi connectivity index (χ3v) is 3.26. The highest BCUT2D eigenvalue weighted by molar-refractivity contribution is 6.07. The van der Waals surface area contributed by atoms with Gasteiger partial charge in [0.25, 0.3) is 11.8 Å². The number of hydrogen-bond acceptors (Lipinski definition) is 5. The molecule has 3 amide bonds. The molecule has 3 N–H and O–H groups in total. The molecule has 0 saturated carbocycles. The Hall–Kier alpha value is -2.77. The van der Waals surface area contributed by atoms with Crippen LogP contribution in [-0.2, 0) is 20.9 Å². The predicted molar refractivity (Wildman–Crippen MR) is 68.8 cm³/mol. The largest absolute Gasteiger partial charge is 0.454 e. The maximum atomic E-state index is 11.8. The molecule has 2 aliphatic rings. The second-order valence-electron chi connectivity index (χ2n) is 4.70. The quantitative estimate of drug-likeness (QED) is 0.630. The number of rotatable bonds is 4. The maximum absolute atomic E-state index is 11.8. The molecule has 8 nitrogen and oxygen atoms in total. The van der Waals surface area contributed by atoms with E-state index >= 15 is 0 Å². The van der Waals surface area contributed by atoms with Crippen LogP contribution in [0, 0.1) is 5.92 Å². The van der Waals surface area contributed by atoms with Crippen LogP contribution in [0.25, 0.3) is 0 Å². The van der Waals surface area contributed by atoms with E-state index in [-0.39, 0.29) is 25.7 Å². The van der Waals surface area contributed by atoms with Gasteiger partial charge in [0.15, 0.2) is 11.5 Å². The average Bonchev–Trinajstić information content (AvgIpc) is 3.06. The zero-order valence-electron chi connectivity index (χ0n) is 11.0. The molecule has 1 fully saturated rings. The minimum atomic E-state index is -0.971. The van der Waals surface area contributed by atoms with Crippen molar-refractivity contribution in [2.75, 3.05) is 6.79 Å². The zero-order valence-corrected chi connectivity index (χ0v) is 11.0. The first kappa shape index (κ1) is 13.2. The molecule has 1 aromatic rings. The second kappa shape index (κ2) is 5.31. The lowest BCUT2D eigenvalue weighted by Gasteiger charge is -2.07. The standard InChI is InChI=1S/C13H13N3O5/c17-11(4-8-12(18)15-16-13(8)19)14-5-7-1-2-9-10(3-7)21-6-20-9/h1-3,8H,4-6H2,(H,14,17)(H,15,18)(H,16,19). The molecular formula is C13H13N3O5. The highest BCUT2D eigenvalue weighted by Crippen LogP contribution is 2.32. The molecule has 21 heavy (non-hydrogen) atoms. The van der Waals surface area contributed by atoms with E-state index in [4.69, 9.17) is 9.47 Å². The number of benzene rings is 1. The molecule has 0 radical (unpaired) electrons. The molecule has 0 aromatic heterocycles. The summed E-state index contributed by atoms with van der Waals surface area (Å²) < 4.78 is 10.4. The van der Waals surface area contributed by atoms with Crippen LogP contribution in [-0.4, -0.2) is 24.5 Å². The van der Waals surface area contributed by atoms with Gasteiger partial charge in [-0.25, -0.2) is 0 Å². The van der Waals surface area contributed by atoms with E-state index in [9.17, 15) is 14.4 Å². The summed E-state index contributed by atoms with van der Waals surface area (Å²) in [6.07, 6.45) is -0.178. The summed E-state index contributed by atoms with van der Waals surface area (Å²) >= 11 is 0. The lowest BCUT2D eigenvalue weighted by atomic mass is 10.1. The van der Waals surface area contributed by atoms with E-state index in [2.05, 4.69) is 16.2 Å². The summed E-state index contributed by atoms with van der Waals surface area (Å²) in [6.45, 7) is 0.475. The van der Waals surface area contributed by atoms with Gasteiger partial charge in [0.1, 0.15) is 5.92 Å². The van der Waals surface area contributed by atoms with Crippen molar-refractivity contribution in [1.29, 1.82) is 0 Å². The highest BCUT2D eigenvalue weighted by Gasteiger charge is 2.34. The van der Waals surface area contributed by atoms with Gasteiger partial charge in [0, 0.05) is 13.0 Å². The van der Waals surface area contributed by atoms with Crippen LogP contribution in [0.1, 0.15) is 12.0 Å². The molecule has 0 bridgehead atoms. The summed E-state index contributed by atoms with van der Waals surface area (Å²) in [5.41, 5.74) is 5.20. The van der Waals surface area contributed by atoms with Gasteiger partial charge in [-0.1, -0.05) is 6.07 Å². The fourth-order valence-corrected chi connectivity index (χ4v) is 2.11. The maximum Gasteiger partial charge on any atom is 0.251 e. The Labute approximate surface area is 119 Å². The highest BCUT2D eigenvalue weighted by atomic mass is 16.7. The topological polar surface area (TPSA) is 106 Å². The summed E-state index contributed by atoms with van der Waals surface area (Å²) in [4.78, 5) is 34.4. The molecule has 2 heterocycles. The number of nitrogens with one attached hydrogen (secondary N) is 3. The van der Waals surface area contributed by atoms with Crippen LogP contribution < -0.4 is 25.6 Å². The number of fused-ring (bicyclic) bond motifs is 1. The monoisotopic (exact) mass is 291 g/mol. The Morgan fingerprint density at radius 1 is 1.19 bits per heavy atom. The van der Waals surface area contributed by atoms with Crippen LogP contribution in [0.15, 0.2) is 18.2 Å². The Kier molecular flexibility index (Phi) is 3.35. The SMILES string of the molecule is O=C(CC1C(=O)NNC1=O)NCc1ccc2c(c1)OCO2. The van der Waals surface area contributed by atoms with Crippen LogP contribution >= 0.6 is 0 Å². The fraction of sp³-hybridized carbons (Fsp3) is 0.308. The van der Waals surface area contributed by atoms with E-state index in [0.717, 1.165) is 5.56 Å². The molecule has 3 rings (SSSR count). The van der Waals surface area contributed by atoms with Crippen LogP contribution in [0.3, 0.4) is 0 Å². The second-order valence-corrected chi connectivity index (χ2v) is 4.70. The molecule has 0 spiro atoms. The number of amides is 3. The van der Waals surface area contributed by atoms with Crippen LogP contribution in [0.2, 0.25) is 0 Å². The molecule has 0 unspecified atom stereocenters. The Balaban J connectivity index is 1.54. The van der Waals surface area contributed by atoms with Gasteiger partial charge in [0.2, 0.25) is 12.7 Å². The van der Waals surface area contributed by atoms with Crippen LogP contribution in [0.5, 0.6) is 11.5 Å². The van der Waals surface area contributed by atoms with Gasteiger partial charge in [-0.05, 0) is 17.7 Å². The van der Waals surface area contributed by atoms with Crippen molar-refractivity contribution in [2.45, 2.75) is 13.0 Å². The average molecular weight is 291 g/mol. The molecule has 110 valence electrons. The van der Waals surface area contributed by atoms with Crippen molar-refractivity contribution in [3.05, 3.63) is 23.8 Å². The first-order valence-electron chi connectivity index (χ1n) is 6.38. The predicted octanol–water partition coefficient (Wildman–Crippen LogP) is -0.801.